The van der Waals surface area contributed by atoms with Crippen LogP contribution in [0.4, 0.5) is 0 Å². The van der Waals surface area contributed by atoms with Crippen LogP contribution in [0.5, 0.6) is 0 Å². The molecule has 1 saturated heterocycles. The summed E-state index contributed by atoms with van der Waals surface area (Å²) < 4.78 is 1.70. The van der Waals surface area contributed by atoms with E-state index in [9.17, 15) is 5.11 Å². The number of halogens is 1. The third kappa shape index (κ3) is 3.51. The molecule has 6 nitrogen and oxygen atoms in total. The zero-order valence-electron chi connectivity index (χ0n) is 13.8. The Morgan fingerprint density at radius 1 is 1.16 bits per heavy atom. The van der Waals surface area contributed by atoms with Crippen LogP contribution >= 0.6 is 11.6 Å². The zero-order valence-corrected chi connectivity index (χ0v) is 14.6. The van der Waals surface area contributed by atoms with E-state index >= 15 is 0 Å². The number of hydrogen-bond acceptors (Lipinski definition) is 5. The number of pyridine rings is 1. The van der Waals surface area contributed by atoms with E-state index < -0.39 is 5.60 Å². The smallest absolute Gasteiger partial charge is 0.0867 e. The molecule has 0 bridgehead atoms. The minimum absolute atomic E-state index is 0.492. The van der Waals surface area contributed by atoms with E-state index in [1.54, 1.807) is 23.3 Å². The summed E-state index contributed by atoms with van der Waals surface area (Å²) in [5, 5.41) is 20.3. The summed E-state index contributed by atoms with van der Waals surface area (Å²) in [5.41, 5.74) is 1.41. The molecule has 130 valence electrons. The number of nitrogens with zero attached hydrogens (tertiary/aromatic N) is 5. The SMILES string of the molecule is OC1(Cn2ccnn2)CCN(Cc2ccc(Cl)c3cccnc23)CC1. The van der Waals surface area contributed by atoms with Gasteiger partial charge in [-0.25, -0.2) is 4.68 Å². The number of aliphatic hydroxyl groups is 1. The first-order valence-electron chi connectivity index (χ1n) is 8.44. The molecule has 0 spiro atoms. The van der Waals surface area contributed by atoms with Crippen molar-refractivity contribution >= 4 is 22.5 Å². The van der Waals surface area contributed by atoms with Gasteiger partial charge in [0.15, 0.2) is 0 Å². The Morgan fingerprint density at radius 3 is 2.76 bits per heavy atom. The number of fused-ring (bicyclic) bond motifs is 1. The van der Waals surface area contributed by atoms with Gasteiger partial charge in [-0.2, -0.15) is 0 Å². The third-order valence-corrected chi connectivity index (χ3v) is 5.24. The van der Waals surface area contributed by atoms with E-state index in [4.69, 9.17) is 11.6 Å². The maximum absolute atomic E-state index is 10.8. The Bertz CT molecular complexity index is 859. The van der Waals surface area contributed by atoms with Gasteiger partial charge in [-0.15, -0.1) is 5.10 Å². The van der Waals surface area contributed by atoms with E-state index in [1.165, 1.54) is 5.56 Å². The van der Waals surface area contributed by atoms with Gasteiger partial charge in [-0.1, -0.05) is 22.9 Å². The molecular formula is C18H20ClN5O. The molecule has 0 unspecified atom stereocenters. The minimum Gasteiger partial charge on any atom is -0.388 e. The van der Waals surface area contributed by atoms with Gasteiger partial charge in [-0.05, 0) is 36.6 Å². The van der Waals surface area contributed by atoms with Gasteiger partial charge in [0, 0.05) is 42.4 Å². The summed E-state index contributed by atoms with van der Waals surface area (Å²) in [7, 11) is 0. The second-order valence-electron chi connectivity index (χ2n) is 6.71. The molecule has 0 aliphatic carbocycles. The number of hydrogen-bond donors (Lipinski definition) is 1. The number of aromatic nitrogens is 4. The molecule has 1 aromatic carbocycles. The van der Waals surface area contributed by atoms with Crippen molar-refractivity contribution in [1.82, 2.24) is 24.9 Å². The highest BCUT2D eigenvalue weighted by molar-refractivity contribution is 6.35. The molecule has 1 aliphatic rings. The molecule has 0 atom stereocenters. The molecule has 7 heteroatoms. The highest BCUT2D eigenvalue weighted by Crippen LogP contribution is 2.28. The molecule has 0 radical (unpaired) electrons. The molecule has 1 N–H and O–H groups in total. The summed E-state index contributed by atoms with van der Waals surface area (Å²) in [6.45, 7) is 2.97. The first kappa shape index (κ1) is 16.4. The Kier molecular flexibility index (Phi) is 4.41. The van der Waals surface area contributed by atoms with Gasteiger partial charge in [0.25, 0.3) is 0 Å². The Labute approximate surface area is 151 Å². The maximum Gasteiger partial charge on any atom is 0.0867 e. The lowest BCUT2D eigenvalue weighted by molar-refractivity contribution is -0.0383. The van der Waals surface area contributed by atoms with Crippen molar-refractivity contribution in [3.05, 3.63) is 53.4 Å². The maximum atomic E-state index is 10.8. The summed E-state index contributed by atoms with van der Waals surface area (Å²) in [6, 6.07) is 7.89. The van der Waals surface area contributed by atoms with Crippen molar-refractivity contribution in [3.63, 3.8) is 0 Å². The lowest BCUT2D eigenvalue weighted by Crippen LogP contribution is -2.46. The molecular weight excluding hydrogens is 338 g/mol. The van der Waals surface area contributed by atoms with Gasteiger partial charge in [0.1, 0.15) is 0 Å². The van der Waals surface area contributed by atoms with Gasteiger partial charge < -0.3 is 5.11 Å². The first-order chi connectivity index (χ1) is 12.1. The minimum atomic E-state index is -0.718. The second-order valence-corrected chi connectivity index (χ2v) is 7.11. The molecule has 0 saturated carbocycles. The quantitative estimate of drug-likeness (QED) is 0.777. The van der Waals surface area contributed by atoms with Crippen molar-refractivity contribution < 1.29 is 5.11 Å². The van der Waals surface area contributed by atoms with Crippen molar-refractivity contribution in [2.75, 3.05) is 13.1 Å². The average Bonchev–Trinajstić information content (AvgIpc) is 3.12. The monoisotopic (exact) mass is 357 g/mol. The molecule has 1 fully saturated rings. The van der Waals surface area contributed by atoms with Crippen LogP contribution in [0, 0.1) is 0 Å². The fraction of sp³-hybridized carbons (Fsp3) is 0.389. The molecule has 3 heterocycles. The van der Waals surface area contributed by atoms with Crippen molar-refractivity contribution in [1.29, 1.82) is 0 Å². The first-order valence-corrected chi connectivity index (χ1v) is 8.82. The normalized spacial score (nSPS) is 17.8. The van der Waals surface area contributed by atoms with Crippen LogP contribution in [0.25, 0.3) is 10.9 Å². The van der Waals surface area contributed by atoms with E-state index in [1.807, 2.05) is 24.3 Å². The molecule has 4 rings (SSSR count). The Hall–Kier alpha value is -2.02. The number of likely N-dealkylation sites (tertiary alicyclic amines) is 1. The highest BCUT2D eigenvalue weighted by Gasteiger charge is 2.33. The fourth-order valence-corrected chi connectivity index (χ4v) is 3.68. The van der Waals surface area contributed by atoms with Crippen LogP contribution in [0.15, 0.2) is 42.9 Å². The van der Waals surface area contributed by atoms with E-state index in [2.05, 4.69) is 20.2 Å². The van der Waals surface area contributed by atoms with Gasteiger partial charge in [-0.3, -0.25) is 9.88 Å². The van der Waals surface area contributed by atoms with Crippen LogP contribution in [0.3, 0.4) is 0 Å². The summed E-state index contributed by atoms with van der Waals surface area (Å²) >= 11 is 6.28. The largest absolute Gasteiger partial charge is 0.388 e. The fourth-order valence-electron chi connectivity index (χ4n) is 3.47. The number of piperidine rings is 1. The molecule has 3 aromatic rings. The summed E-state index contributed by atoms with van der Waals surface area (Å²) in [4.78, 5) is 6.86. The lowest BCUT2D eigenvalue weighted by Gasteiger charge is -2.38. The van der Waals surface area contributed by atoms with Crippen molar-refractivity contribution in [3.8, 4) is 0 Å². The highest BCUT2D eigenvalue weighted by atomic mass is 35.5. The summed E-state index contributed by atoms with van der Waals surface area (Å²) in [6.07, 6.45) is 6.65. The topological polar surface area (TPSA) is 67.1 Å². The van der Waals surface area contributed by atoms with Gasteiger partial charge in [0.05, 0.1) is 23.9 Å². The second kappa shape index (κ2) is 6.71. The third-order valence-electron chi connectivity index (χ3n) is 4.91. The predicted molar refractivity (Wildman–Crippen MR) is 96.2 cm³/mol. The number of benzene rings is 1. The molecule has 2 aromatic heterocycles. The molecule has 1 aliphatic heterocycles. The average molecular weight is 358 g/mol. The lowest BCUT2D eigenvalue weighted by atomic mass is 9.91. The van der Waals surface area contributed by atoms with E-state index in [-0.39, 0.29) is 0 Å². The van der Waals surface area contributed by atoms with Crippen LogP contribution in [0.2, 0.25) is 5.02 Å². The van der Waals surface area contributed by atoms with Crippen LogP contribution in [-0.2, 0) is 13.1 Å². The van der Waals surface area contributed by atoms with Crippen molar-refractivity contribution in [2.45, 2.75) is 31.5 Å². The van der Waals surface area contributed by atoms with E-state index in [0.29, 0.717) is 19.4 Å². The van der Waals surface area contributed by atoms with Crippen LogP contribution < -0.4 is 0 Å². The number of rotatable bonds is 4. The van der Waals surface area contributed by atoms with Crippen LogP contribution in [0.1, 0.15) is 18.4 Å². The predicted octanol–water partition coefficient (Wildman–Crippen LogP) is 2.51. The zero-order chi connectivity index (χ0) is 17.3. The van der Waals surface area contributed by atoms with Gasteiger partial charge in [0.2, 0.25) is 0 Å². The van der Waals surface area contributed by atoms with Crippen molar-refractivity contribution in [2.24, 2.45) is 0 Å². The molecule has 25 heavy (non-hydrogen) atoms. The Morgan fingerprint density at radius 2 is 2.00 bits per heavy atom. The van der Waals surface area contributed by atoms with Crippen LogP contribution in [-0.4, -0.2) is 48.7 Å². The van der Waals surface area contributed by atoms with E-state index in [0.717, 1.165) is 35.6 Å². The Balaban J connectivity index is 1.45. The summed E-state index contributed by atoms with van der Waals surface area (Å²) in [5.74, 6) is 0. The standard InChI is InChI=1S/C18H20ClN5O/c19-16-4-3-14(17-15(16)2-1-7-20-17)12-23-9-5-18(25,6-10-23)13-24-11-8-21-22-24/h1-4,7-8,11,25H,5-6,9-10,12-13H2. The van der Waals surface area contributed by atoms with Gasteiger partial charge >= 0.3 is 0 Å². The molecule has 0 amide bonds.